The van der Waals surface area contributed by atoms with Gasteiger partial charge in [-0.3, -0.25) is 4.79 Å². The number of aliphatic hydroxyl groups is 1. The zero-order valence-corrected chi connectivity index (χ0v) is 9.78. The fourth-order valence-electron chi connectivity index (χ4n) is 1.55. The lowest BCUT2D eigenvalue weighted by molar-refractivity contribution is -0.124. The van der Waals surface area contributed by atoms with Crippen molar-refractivity contribution in [3.8, 4) is 5.75 Å². The van der Waals surface area contributed by atoms with E-state index in [0.29, 0.717) is 5.75 Å². The first kappa shape index (κ1) is 12.5. The molecular weight excluding hydrogens is 206 g/mol. The van der Waals surface area contributed by atoms with E-state index in [2.05, 4.69) is 0 Å². The van der Waals surface area contributed by atoms with Crippen LogP contribution in [0, 0.1) is 13.8 Å². The molecule has 4 nitrogen and oxygen atoms in total. The van der Waals surface area contributed by atoms with Gasteiger partial charge < -0.3 is 15.6 Å². The summed E-state index contributed by atoms with van der Waals surface area (Å²) in [6.45, 7) is 5.35. The van der Waals surface area contributed by atoms with Crippen molar-refractivity contribution in [3.05, 3.63) is 28.8 Å². The van der Waals surface area contributed by atoms with Gasteiger partial charge in [-0.05, 0) is 37.5 Å². The van der Waals surface area contributed by atoms with Gasteiger partial charge in [0.1, 0.15) is 5.75 Å². The largest absolute Gasteiger partial charge is 0.480 e. The van der Waals surface area contributed by atoms with Crippen molar-refractivity contribution in [2.75, 3.05) is 0 Å². The zero-order chi connectivity index (χ0) is 12.3. The highest BCUT2D eigenvalue weighted by Crippen LogP contribution is 2.25. The fraction of sp³-hybridized carbons (Fsp3) is 0.417. The number of carbonyl (C=O) groups is 1. The molecule has 0 heterocycles. The van der Waals surface area contributed by atoms with Crippen molar-refractivity contribution in [1.82, 2.24) is 0 Å². The summed E-state index contributed by atoms with van der Waals surface area (Å²) in [7, 11) is 0. The minimum Gasteiger partial charge on any atom is -0.480 e. The molecule has 1 amide bonds. The Kier molecular flexibility index (Phi) is 3.90. The van der Waals surface area contributed by atoms with Crippen LogP contribution in [-0.2, 0) is 11.4 Å². The molecule has 0 aliphatic carbocycles. The number of ether oxygens (including phenoxy) is 1. The van der Waals surface area contributed by atoms with Crippen molar-refractivity contribution in [2.24, 2.45) is 5.73 Å². The van der Waals surface area contributed by atoms with Gasteiger partial charge in [0.2, 0.25) is 0 Å². The number of aryl methyl sites for hydroxylation is 2. The monoisotopic (exact) mass is 223 g/mol. The molecule has 0 aliphatic rings. The summed E-state index contributed by atoms with van der Waals surface area (Å²) in [6, 6.07) is 3.66. The molecule has 0 fully saturated rings. The predicted octanol–water partition coefficient (Wildman–Crippen LogP) is 1.05. The molecule has 0 bridgehead atoms. The lowest BCUT2D eigenvalue weighted by atomic mass is 10.1. The van der Waals surface area contributed by atoms with Crippen LogP contribution in [0.5, 0.6) is 5.75 Å². The summed E-state index contributed by atoms with van der Waals surface area (Å²) in [4.78, 5) is 10.9. The Balaban J connectivity index is 3.01. The Morgan fingerprint density at radius 1 is 1.44 bits per heavy atom. The molecule has 88 valence electrons. The minimum atomic E-state index is -0.655. The molecule has 4 heteroatoms. The number of amides is 1. The van der Waals surface area contributed by atoms with Gasteiger partial charge in [0.15, 0.2) is 6.10 Å². The van der Waals surface area contributed by atoms with Crippen LogP contribution in [0.1, 0.15) is 23.6 Å². The van der Waals surface area contributed by atoms with Crippen LogP contribution in [0.25, 0.3) is 0 Å². The van der Waals surface area contributed by atoms with Crippen LogP contribution in [0.4, 0.5) is 0 Å². The first-order chi connectivity index (χ1) is 7.45. The van der Waals surface area contributed by atoms with Crippen molar-refractivity contribution >= 4 is 5.91 Å². The Morgan fingerprint density at radius 3 is 2.31 bits per heavy atom. The van der Waals surface area contributed by atoms with E-state index in [0.717, 1.165) is 16.7 Å². The van der Waals surface area contributed by atoms with Crippen molar-refractivity contribution in [1.29, 1.82) is 0 Å². The number of aliphatic hydroxyl groups excluding tert-OH is 1. The third-order valence-corrected chi connectivity index (χ3v) is 2.40. The number of hydrogen-bond acceptors (Lipinski definition) is 3. The highest BCUT2D eigenvalue weighted by atomic mass is 16.5. The second kappa shape index (κ2) is 4.99. The van der Waals surface area contributed by atoms with Gasteiger partial charge >= 0.3 is 0 Å². The van der Waals surface area contributed by atoms with E-state index >= 15 is 0 Å². The van der Waals surface area contributed by atoms with E-state index in [-0.39, 0.29) is 6.61 Å². The summed E-state index contributed by atoms with van der Waals surface area (Å²) in [6.07, 6.45) is -0.655. The highest BCUT2D eigenvalue weighted by molar-refractivity contribution is 5.78. The maximum atomic E-state index is 10.9. The zero-order valence-electron chi connectivity index (χ0n) is 9.78. The summed E-state index contributed by atoms with van der Waals surface area (Å²) in [5.41, 5.74) is 7.74. The van der Waals surface area contributed by atoms with Gasteiger partial charge in [-0.1, -0.05) is 12.1 Å². The van der Waals surface area contributed by atoms with E-state index in [1.54, 1.807) is 6.92 Å². The molecule has 0 saturated carbocycles. The molecule has 3 N–H and O–H groups in total. The molecule has 1 unspecified atom stereocenters. The summed E-state index contributed by atoms with van der Waals surface area (Å²) in [5, 5.41) is 9.03. The molecule has 0 aromatic heterocycles. The fourth-order valence-corrected chi connectivity index (χ4v) is 1.55. The van der Waals surface area contributed by atoms with Gasteiger partial charge in [-0.15, -0.1) is 0 Å². The number of primary amides is 1. The van der Waals surface area contributed by atoms with E-state index in [4.69, 9.17) is 15.6 Å². The Hall–Kier alpha value is -1.55. The van der Waals surface area contributed by atoms with Gasteiger partial charge in [0, 0.05) is 0 Å². The topological polar surface area (TPSA) is 72.6 Å². The van der Waals surface area contributed by atoms with Crippen LogP contribution in [0.15, 0.2) is 12.1 Å². The molecular formula is C12H17NO3. The van der Waals surface area contributed by atoms with Crippen molar-refractivity contribution < 1.29 is 14.6 Å². The third kappa shape index (κ3) is 2.73. The molecule has 1 atom stereocenters. The van der Waals surface area contributed by atoms with E-state index in [9.17, 15) is 4.79 Å². The van der Waals surface area contributed by atoms with Gasteiger partial charge in [0.05, 0.1) is 6.61 Å². The van der Waals surface area contributed by atoms with Gasteiger partial charge in [0.25, 0.3) is 5.91 Å². The smallest absolute Gasteiger partial charge is 0.258 e. The van der Waals surface area contributed by atoms with Crippen LogP contribution >= 0.6 is 0 Å². The van der Waals surface area contributed by atoms with Crippen LogP contribution in [-0.4, -0.2) is 17.1 Å². The second-order valence-corrected chi connectivity index (χ2v) is 3.88. The number of carbonyl (C=O) groups excluding carboxylic acids is 1. The molecule has 16 heavy (non-hydrogen) atoms. The lowest BCUT2D eigenvalue weighted by Gasteiger charge is -2.16. The number of hydrogen-bond donors (Lipinski definition) is 2. The molecule has 0 spiro atoms. The average Bonchev–Trinajstić information content (AvgIpc) is 2.22. The third-order valence-electron chi connectivity index (χ3n) is 2.40. The van der Waals surface area contributed by atoms with E-state index < -0.39 is 12.0 Å². The highest BCUT2D eigenvalue weighted by Gasteiger charge is 2.14. The van der Waals surface area contributed by atoms with E-state index in [1.165, 1.54) is 0 Å². The molecule has 1 aromatic rings. The first-order valence-electron chi connectivity index (χ1n) is 5.12. The molecule has 0 saturated heterocycles. The lowest BCUT2D eigenvalue weighted by Crippen LogP contribution is -2.31. The second-order valence-electron chi connectivity index (χ2n) is 3.88. The van der Waals surface area contributed by atoms with Gasteiger partial charge in [-0.25, -0.2) is 0 Å². The molecule has 1 aromatic carbocycles. The van der Waals surface area contributed by atoms with Gasteiger partial charge in [-0.2, -0.15) is 0 Å². The first-order valence-corrected chi connectivity index (χ1v) is 5.12. The molecule has 1 rings (SSSR count). The summed E-state index contributed by atoms with van der Waals surface area (Å²) < 4.78 is 5.48. The standard InChI is InChI=1S/C12H17NO3/c1-7-4-10(6-14)5-8(2)11(7)16-9(3)12(13)15/h4-5,9,14H,6H2,1-3H3,(H2,13,15). The SMILES string of the molecule is Cc1cc(CO)cc(C)c1OC(C)C(N)=O. The number of rotatable bonds is 4. The van der Waals surface area contributed by atoms with Crippen molar-refractivity contribution in [3.63, 3.8) is 0 Å². The maximum Gasteiger partial charge on any atom is 0.258 e. The normalized spacial score (nSPS) is 12.2. The Bertz CT molecular complexity index is 378. The summed E-state index contributed by atoms with van der Waals surface area (Å²) >= 11 is 0. The number of nitrogens with two attached hydrogens (primary N) is 1. The summed E-state index contributed by atoms with van der Waals surface area (Å²) in [5.74, 6) is 0.161. The Labute approximate surface area is 95.0 Å². The van der Waals surface area contributed by atoms with Crippen LogP contribution in [0.2, 0.25) is 0 Å². The number of benzene rings is 1. The van der Waals surface area contributed by atoms with Crippen LogP contribution in [0.3, 0.4) is 0 Å². The maximum absolute atomic E-state index is 10.9. The Morgan fingerprint density at radius 2 is 1.94 bits per heavy atom. The predicted molar refractivity (Wildman–Crippen MR) is 61.1 cm³/mol. The average molecular weight is 223 g/mol. The van der Waals surface area contributed by atoms with E-state index in [1.807, 2.05) is 26.0 Å². The van der Waals surface area contributed by atoms with Crippen molar-refractivity contribution in [2.45, 2.75) is 33.5 Å². The molecule has 0 radical (unpaired) electrons. The molecule has 0 aliphatic heterocycles. The van der Waals surface area contributed by atoms with Crippen LogP contribution < -0.4 is 10.5 Å². The minimum absolute atomic E-state index is 0.00661. The quantitative estimate of drug-likeness (QED) is 0.801.